The van der Waals surface area contributed by atoms with Crippen LogP contribution in [0.1, 0.15) is 0 Å². The first-order chi connectivity index (χ1) is 6.40. The zero-order valence-electron chi connectivity index (χ0n) is 8.93. The zero-order chi connectivity index (χ0) is 10.8. The van der Waals surface area contributed by atoms with Gasteiger partial charge in [-0.15, -0.1) is 0 Å². The van der Waals surface area contributed by atoms with Gasteiger partial charge in [0.05, 0.1) is 7.11 Å². The normalized spacial score (nSPS) is 11.2. The second-order valence-electron chi connectivity index (χ2n) is 4.04. The predicted molar refractivity (Wildman–Crippen MR) is 64.7 cm³/mol. The molecule has 1 aromatic carbocycles. The highest BCUT2D eigenvalue weighted by Crippen LogP contribution is 2.27. The lowest BCUT2D eigenvalue weighted by Crippen LogP contribution is -2.29. The maximum Gasteiger partial charge on any atom is 0.242 e. The van der Waals surface area contributed by atoms with Crippen molar-refractivity contribution in [2.24, 2.45) is 0 Å². The van der Waals surface area contributed by atoms with Gasteiger partial charge in [0.2, 0.25) is 8.32 Å². The Balaban J connectivity index is 2.92. The third-order valence-electron chi connectivity index (χ3n) is 1.50. The van der Waals surface area contributed by atoms with Gasteiger partial charge in [-0.05, 0) is 31.8 Å². The van der Waals surface area contributed by atoms with E-state index in [2.05, 4.69) is 35.6 Å². The van der Waals surface area contributed by atoms with E-state index in [9.17, 15) is 0 Å². The summed E-state index contributed by atoms with van der Waals surface area (Å²) in [5.41, 5.74) is 0. The van der Waals surface area contributed by atoms with E-state index in [4.69, 9.17) is 9.16 Å². The van der Waals surface area contributed by atoms with E-state index in [0.29, 0.717) is 0 Å². The fraction of sp³-hybridized carbons (Fsp3) is 0.400. The van der Waals surface area contributed by atoms with Gasteiger partial charge in [-0.25, -0.2) is 0 Å². The Morgan fingerprint density at radius 3 is 2.14 bits per heavy atom. The van der Waals surface area contributed by atoms with Gasteiger partial charge in [0.15, 0.2) is 0 Å². The van der Waals surface area contributed by atoms with Gasteiger partial charge in [0, 0.05) is 10.5 Å². The van der Waals surface area contributed by atoms with Gasteiger partial charge in [-0.1, -0.05) is 15.9 Å². The number of hydrogen-bond acceptors (Lipinski definition) is 2. The molecule has 0 bridgehead atoms. The Morgan fingerprint density at radius 1 is 1.07 bits per heavy atom. The van der Waals surface area contributed by atoms with Crippen molar-refractivity contribution >= 4 is 24.2 Å². The molecule has 0 saturated carbocycles. The number of ether oxygens (including phenoxy) is 1. The van der Waals surface area contributed by atoms with Crippen molar-refractivity contribution in [3.8, 4) is 11.5 Å². The van der Waals surface area contributed by atoms with Gasteiger partial charge in [-0.2, -0.15) is 0 Å². The van der Waals surface area contributed by atoms with Crippen molar-refractivity contribution in [1.29, 1.82) is 0 Å². The van der Waals surface area contributed by atoms with Crippen LogP contribution in [0.25, 0.3) is 0 Å². The van der Waals surface area contributed by atoms with Gasteiger partial charge in [-0.3, -0.25) is 0 Å². The van der Waals surface area contributed by atoms with Crippen LogP contribution in [0.2, 0.25) is 19.6 Å². The molecule has 0 aliphatic carbocycles. The molecule has 78 valence electrons. The smallest absolute Gasteiger partial charge is 0.242 e. The third kappa shape index (κ3) is 3.72. The van der Waals surface area contributed by atoms with Crippen molar-refractivity contribution in [3.05, 3.63) is 22.7 Å². The summed E-state index contributed by atoms with van der Waals surface area (Å²) in [5.74, 6) is 1.68. The molecule has 4 heteroatoms. The predicted octanol–water partition coefficient (Wildman–Crippen LogP) is 3.67. The number of rotatable bonds is 3. The van der Waals surface area contributed by atoms with Crippen LogP contribution in [0.3, 0.4) is 0 Å². The Labute approximate surface area is 94.5 Å². The van der Waals surface area contributed by atoms with Crippen LogP contribution in [0.15, 0.2) is 22.7 Å². The van der Waals surface area contributed by atoms with Crippen molar-refractivity contribution < 1.29 is 9.16 Å². The molecule has 0 N–H and O–H groups in total. The minimum absolute atomic E-state index is 0.813. The molecular formula is C10H15BrO2Si. The maximum atomic E-state index is 5.85. The van der Waals surface area contributed by atoms with E-state index in [1.165, 1.54) is 0 Å². The minimum Gasteiger partial charge on any atom is -0.544 e. The van der Waals surface area contributed by atoms with Crippen LogP contribution in [0, 0.1) is 0 Å². The maximum absolute atomic E-state index is 5.85. The third-order valence-corrected chi connectivity index (χ3v) is 2.81. The van der Waals surface area contributed by atoms with Crippen molar-refractivity contribution in [1.82, 2.24) is 0 Å². The van der Waals surface area contributed by atoms with E-state index >= 15 is 0 Å². The Hall–Kier alpha value is -0.483. The molecule has 1 rings (SSSR count). The van der Waals surface area contributed by atoms with Gasteiger partial charge >= 0.3 is 0 Å². The molecule has 1 aromatic rings. The van der Waals surface area contributed by atoms with Crippen molar-refractivity contribution in [2.75, 3.05) is 7.11 Å². The van der Waals surface area contributed by atoms with Gasteiger partial charge in [0.1, 0.15) is 11.5 Å². The molecule has 0 unspecified atom stereocenters. The van der Waals surface area contributed by atoms with Crippen LogP contribution in [-0.4, -0.2) is 15.4 Å². The number of halogens is 1. The first-order valence-electron chi connectivity index (χ1n) is 4.44. The minimum atomic E-state index is -1.53. The molecule has 0 aromatic heterocycles. The highest BCUT2D eigenvalue weighted by molar-refractivity contribution is 9.10. The fourth-order valence-electron chi connectivity index (χ4n) is 1.07. The lowest BCUT2D eigenvalue weighted by atomic mass is 10.3. The molecule has 0 amide bonds. The summed E-state index contributed by atoms with van der Waals surface area (Å²) in [5, 5.41) is 0. The van der Waals surface area contributed by atoms with E-state index in [0.717, 1.165) is 16.0 Å². The topological polar surface area (TPSA) is 18.5 Å². The highest BCUT2D eigenvalue weighted by atomic mass is 79.9. The van der Waals surface area contributed by atoms with Crippen molar-refractivity contribution in [3.63, 3.8) is 0 Å². The van der Waals surface area contributed by atoms with Crippen LogP contribution < -0.4 is 9.16 Å². The molecule has 0 spiro atoms. The summed E-state index contributed by atoms with van der Waals surface area (Å²) in [6, 6.07) is 5.78. The second-order valence-corrected chi connectivity index (χ2v) is 9.39. The SMILES string of the molecule is COc1cc(Br)cc(O[Si](C)(C)C)c1. The Morgan fingerprint density at radius 2 is 1.64 bits per heavy atom. The molecule has 0 atom stereocenters. The van der Waals surface area contributed by atoms with Crippen LogP contribution >= 0.6 is 15.9 Å². The first kappa shape index (κ1) is 11.6. The van der Waals surface area contributed by atoms with Crippen LogP contribution in [-0.2, 0) is 0 Å². The molecule has 0 aliphatic heterocycles. The Bertz CT molecular complexity index is 320. The molecule has 0 radical (unpaired) electrons. The average Bonchev–Trinajstić information content (AvgIpc) is 1.99. The van der Waals surface area contributed by atoms with Crippen LogP contribution in [0.4, 0.5) is 0 Å². The highest BCUT2D eigenvalue weighted by Gasteiger charge is 2.16. The summed E-state index contributed by atoms with van der Waals surface area (Å²) in [7, 11) is 0.120. The van der Waals surface area contributed by atoms with E-state index in [1.54, 1.807) is 7.11 Å². The van der Waals surface area contributed by atoms with Gasteiger partial charge < -0.3 is 9.16 Å². The zero-order valence-corrected chi connectivity index (χ0v) is 11.5. The quantitative estimate of drug-likeness (QED) is 0.783. The summed E-state index contributed by atoms with van der Waals surface area (Å²) in [4.78, 5) is 0. The molecule has 0 heterocycles. The lowest BCUT2D eigenvalue weighted by Gasteiger charge is -2.19. The lowest BCUT2D eigenvalue weighted by molar-refractivity contribution is 0.411. The second kappa shape index (κ2) is 4.36. The summed E-state index contributed by atoms with van der Waals surface area (Å²) in [6.45, 7) is 6.46. The number of hydrogen-bond donors (Lipinski definition) is 0. The molecule has 0 saturated heterocycles. The molecule has 0 fully saturated rings. The average molecular weight is 275 g/mol. The first-order valence-corrected chi connectivity index (χ1v) is 8.64. The van der Waals surface area contributed by atoms with Crippen molar-refractivity contribution in [2.45, 2.75) is 19.6 Å². The Kier molecular flexibility index (Phi) is 3.61. The van der Waals surface area contributed by atoms with Gasteiger partial charge in [0.25, 0.3) is 0 Å². The molecular weight excluding hydrogens is 260 g/mol. The number of benzene rings is 1. The van der Waals surface area contributed by atoms with E-state index in [-0.39, 0.29) is 0 Å². The molecule has 0 aliphatic rings. The van der Waals surface area contributed by atoms with E-state index in [1.807, 2.05) is 18.2 Å². The van der Waals surface area contributed by atoms with E-state index < -0.39 is 8.32 Å². The summed E-state index contributed by atoms with van der Waals surface area (Å²) in [6.07, 6.45) is 0. The number of methoxy groups -OCH3 is 1. The molecule has 2 nitrogen and oxygen atoms in total. The summed E-state index contributed by atoms with van der Waals surface area (Å²) < 4.78 is 12.0. The largest absolute Gasteiger partial charge is 0.544 e. The summed E-state index contributed by atoms with van der Waals surface area (Å²) >= 11 is 3.42. The molecule has 14 heavy (non-hydrogen) atoms. The standard InChI is InChI=1S/C10H15BrO2Si/c1-12-9-5-8(11)6-10(7-9)13-14(2,3)4/h5-7H,1-4H3. The fourth-order valence-corrected chi connectivity index (χ4v) is 2.34. The monoisotopic (exact) mass is 274 g/mol. The van der Waals surface area contributed by atoms with Crippen LogP contribution in [0.5, 0.6) is 11.5 Å².